The number of para-hydroxylation sites is 1. The van der Waals surface area contributed by atoms with Crippen LogP contribution in [0.4, 0.5) is 5.69 Å². The van der Waals surface area contributed by atoms with Gasteiger partial charge in [0.2, 0.25) is 0 Å². The van der Waals surface area contributed by atoms with Crippen LogP contribution in [0.1, 0.15) is 22.3 Å². The molecule has 198 valence electrons. The first-order valence-electron chi connectivity index (χ1n) is 12.7. The van der Waals surface area contributed by atoms with Crippen molar-refractivity contribution in [3.63, 3.8) is 0 Å². The van der Waals surface area contributed by atoms with Crippen LogP contribution in [0.2, 0.25) is 0 Å². The van der Waals surface area contributed by atoms with Crippen molar-refractivity contribution in [3.8, 4) is 0 Å². The molecule has 0 atom stereocenters. The lowest BCUT2D eigenvalue weighted by Gasteiger charge is -2.21. The number of halogens is 1. The van der Waals surface area contributed by atoms with E-state index in [-0.39, 0.29) is 0 Å². The molecule has 5 aromatic carbocycles. The van der Waals surface area contributed by atoms with E-state index in [0.717, 1.165) is 0 Å². The van der Waals surface area contributed by atoms with E-state index in [1.165, 1.54) is 55.4 Å². The monoisotopic (exact) mass is 547 g/mol. The Morgan fingerprint density at radius 1 is 0.350 bits per heavy atom. The lowest BCUT2D eigenvalue weighted by Crippen LogP contribution is -3.00. The third-order valence-corrected chi connectivity index (χ3v) is 6.56. The third-order valence-electron chi connectivity index (χ3n) is 6.56. The van der Waals surface area contributed by atoms with Crippen LogP contribution in [0.5, 0.6) is 0 Å². The van der Waals surface area contributed by atoms with Crippen LogP contribution in [0.3, 0.4) is 0 Å². The second-order valence-electron chi connectivity index (χ2n) is 9.08. The van der Waals surface area contributed by atoms with Gasteiger partial charge in [0, 0.05) is 11.1 Å². The van der Waals surface area contributed by atoms with E-state index >= 15 is 0 Å². The van der Waals surface area contributed by atoms with Gasteiger partial charge >= 0.3 is 0 Å². The highest BCUT2D eigenvalue weighted by molar-refractivity contribution is 6.23. The van der Waals surface area contributed by atoms with Crippen LogP contribution >= 0.6 is 0 Å². The normalized spacial score (nSPS) is 13.7. The molecule has 0 saturated carbocycles. The maximum absolute atomic E-state index is 8.49. The fourth-order valence-electron chi connectivity index (χ4n) is 5.09. The zero-order chi connectivity index (χ0) is 28.0. The van der Waals surface area contributed by atoms with E-state index < -0.39 is 10.2 Å². The van der Waals surface area contributed by atoms with Gasteiger partial charge in [0.25, 0.3) is 0 Å². The van der Waals surface area contributed by atoms with Crippen molar-refractivity contribution in [1.82, 2.24) is 0 Å². The van der Waals surface area contributed by atoms with Crippen LogP contribution in [-0.2, 0) is 0 Å². The summed E-state index contributed by atoms with van der Waals surface area (Å²) in [6.45, 7) is 0. The number of rotatable bonds is 5. The van der Waals surface area contributed by atoms with Crippen molar-refractivity contribution in [2.45, 2.75) is 0 Å². The average molecular weight is 548 g/mol. The van der Waals surface area contributed by atoms with Crippen LogP contribution < -0.4 is 23.5 Å². The molecule has 0 spiro atoms. The number of benzene rings is 5. The summed E-state index contributed by atoms with van der Waals surface area (Å²) in [7, 11) is -4.94. The maximum atomic E-state index is 8.49. The van der Waals surface area contributed by atoms with Gasteiger partial charge in [-0.05, 0) is 47.5 Å². The van der Waals surface area contributed by atoms with Crippen molar-refractivity contribution in [1.29, 1.82) is 0 Å². The largest absolute Gasteiger partial charge is 0.236 e. The molecule has 0 aromatic heterocycles. The molecule has 1 N–H and O–H groups in total. The Kier molecular flexibility index (Phi) is 8.34. The zero-order valence-corrected chi connectivity index (χ0v) is 22.2. The Labute approximate surface area is 235 Å². The Hall–Kier alpha value is -4.33. The van der Waals surface area contributed by atoms with Gasteiger partial charge < -0.3 is 0 Å². The molecule has 0 amide bonds. The molecular formula is C34H26ClNO4. The first-order valence-corrected chi connectivity index (χ1v) is 13.9. The minimum Gasteiger partial charge on any atom is -0.236 e. The summed E-state index contributed by atoms with van der Waals surface area (Å²) in [5.41, 5.74) is 11.2. The highest BCUT2D eigenvalue weighted by Crippen LogP contribution is 2.44. The van der Waals surface area contributed by atoms with E-state index in [9.17, 15) is 0 Å². The van der Waals surface area contributed by atoms with Crippen molar-refractivity contribution in [2.24, 2.45) is 0 Å². The molecule has 40 heavy (non-hydrogen) atoms. The molecule has 0 aliphatic carbocycles. The first-order chi connectivity index (χ1) is 19.4. The minimum atomic E-state index is -4.94. The standard InChI is InChI=1S/C34H25N.ClHO4/c1-6-16-26(17-7-1)31-32(27-18-8-2-9-19-27)34(29-22-12-4-13-23-29)35(30-24-14-5-15-25-30)33(31)28-20-10-3-11-21-28;2-1(3,4)5/h1-25H;(H,2,3,4,5). The summed E-state index contributed by atoms with van der Waals surface area (Å²) in [5.74, 6) is 0. The number of nitrogens with one attached hydrogen (secondary N) is 1. The molecule has 1 aliphatic rings. The summed E-state index contributed by atoms with van der Waals surface area (Å²) in [5, 5.41) is 0. The molecule has 6 rings (SSSR count). The predicted octanol–water partition coefficient (Wildman–Crippen LogP) is 2.60. The molecule has 5 nitrogen and oxygen atoms in total. The summed E-state index contributed by atoms with van der Waals surface area (Å²) in [6.07, 6.45) is 0. The summed E-state index contributed by atoms with van der Waals surface area (Å²) in [6, 6.07) is 54.1. The predicted molar refractivity (Wildman–Crippen MR) is 146 cm³/mol. The van der Waals surface area contributed by atoms with E-state index in [0.29, 0.717) is 0 Å². The number of hydrogen-bond acceptors (Lipinski definition) is 4. The molecule has 0 radical (unpaired) electrons. The minimum absolute atomic E-state index is 1.23. The fraction of sp³-hybridized carbons (Fsp3) is 0. The lowest BCUT2D eigenvalue weighted by atomic mass is 9.89. The van der Waals surface area contributed by atoms with Gasteiger partial charge in [-0.1, -0.05) is 115 Å². The summed E-state index contributed by atoms with van der Waals surface area (Å²) in [4.78, 5) is 1.28. The molecule has 1 heterocycles. The highest BCUT2D eigenvalue weighted by atomic mass is 35.7. The third kappa shape index (κ3) is 6.28. The molecule has 1 aliphatic heterocycles. The Morgan fingerprint density at radius 2 is 0.600 bits per heavy atom. The van der Waals surface area contributed by atoms with E-state index in [1.54, 1.807) is 0 Å². The van der Waals surface area contributed by atoms with E-state index in [1.807, 2.05) is 0 Å². The average Bonchev–Trinajstić information content (AvgIpc) is 3.35. The van der Waals surface area contributed by atoms with Crippen LogP contribution in [-0.4, -0.2) is 0 Å². The van der Waals surface area contributed by atoms with E-state index in [2.05, 4.69) is 152 Å². The van der Waals surface area contributed by atoms with Gasteiger partial charge in [-0.15, -0.1) is 10.2 Å². The quantitative estimate of drug-likeness (QED) is 0.366. The fourth-order valence-corrected chi connectivity index (χ4v) is 5.09. The molecule has 0 bridgehead atoms. The van der Waals surface area contributed by atoms with Crippen molar-refractivity contribution in [3.05, 3.63) is 174 Å². The summed E-state index contributed by atoms with van der Waals surface area (Å²) < 4.78 is 34.0. The van der Waals surface area contributed by atoms with Crippen LogP contribution in [0, 0.1) is 10.2 Å². The molecular weight excluding hydrogens is 522 g/mol. The molecule has 0 unspecified atom stereocenters. The smallest absolute Gasteiger partial charge is 0.157 e. The second-order valence-corrected chi connectivity index (χ2v) is 9.84. The number of allylic oxidation sites excluding steroid dienone is 2. The lowest BCUT2D eigenvalue weighted by molar-refractivity contribution is -2.00. The van der Waals surface area contributed by atoms with Gasteiger partial charge in [0.1, 0.15) is 5.69 Å². The number of hydrogen-bond donors (Lipinski definition) is 1. The maximum Gasteiger partial charge on any atom is 0.157 e. The molecule has 0 fully saturated rings. The van der Waals surface area contributed by atoms with Crippen LogP contribution in [0.25, 0.3) is 22.5 Å². The van der Waals surface area contributed by atoms with E-state index in [4.69, 9.17) is 18.6 Å². The van der Waals surface area contributed by atoms with Gasteiger partial charge in [0.15, 0.2) is 11.4 Å². The van der Waals surface area contributed by atoms with Gasteiger partial charge in [-0.2, -0.15) is 0 Å². The molecule has 0 saturated heterocycles. The van der Waals surface area contributed by atoms with Crippen LogP contribution in [0.15, 0.2) is 152 Å². The molecule has 5 aromatic rings. The zero-order valence-electron chi connectivity index (χ0n) is 21.4. The highest BCUT2D eigenvalue weighted by Gasteiger charge is 2.41. The number of quaternary nitrogens is 1. The second kappa shape index (κ2) is 12.2. The van der Waals surface area contributed by atoms with Crippen molar-refractivity contribution >= 4 is 28.2 Å². The van der Waals surface area contributed by atoms with Crippen molar-refractivity contribution in [2.75, 3.05) is 0 Å². The van der Waals surface area contributed by atoms with Gasteiger partial charge in [-0.3, -0.25) is 0 Å². The SMILES string of the molecule is [O-][Cl+3]([O-])([O-])[O-].c1ccc(C2=C(c3ccccc3)[NH+](c3ccccc3)C(c3ccccc3)=C2c2ccccc2)cc1. The van der Waals surface area contributed by atoms with Gasteiger partial charge in [-0.25, -0.2) is 23.5 Å². The topological polar surface area (TPSA) is 96.7 Å². The first kappa shape index (κ1) is 27.2. The van der Waals surface area contributed by atoms with Gasteiger partial charge in [0.05, 0.1) is 11.1 Å². The Balaban J connectivity index is 0.000000595. The Bertz CT molecular complexity index is 1500. The molecule has 6 heteroatoms. The summed E-state index contributed by atoms with van der Waals surface area (Å²) >= 11 is 0. The Morgan fingerprint density at radius 3 is 0.900 bits per heavy atom. The van der Waals surface area contributed by atoms with Crippen molar-refractivity contribution < 1.29 is 33.8 Å².